The second-order valence-corrected chi connectivity index (χ2v) is 6.86. The molecule has 0 aliphatic heterocycles. The van der Waals surface area contributed by atoms with Crippen LogP contribution in [0.25, 0.3) is 5.65 Å². The first-order chi connectivity index (χ1) is 12.2. The van der Waals surface area contributed by atoms with Crippen LogP contribution in [0, 0.1) is 5.92 Å². The monoisotopic (exact) mass is 334 g/mol. The van der Waals surface area contributed by atoms with Gasteiger partial charge in [-0.3, -0.25) is 4.79 Å². The molecule has 1 N–H and O–H groups in total. The van der Waals surface area contributed by atoms with Crippen LogP contribution < -0.4 is 5.32 Å². The Morgan fingerprint density at radius 2 is 2.12 bits per heavy atom. The summed E-state index contributed by atoms with van der Waals surface area (Å²) < 4.78 is 1.85. The summed E-state index contributed by atoms with van der Waals surface area (Å²) in [4.78, 5) is 17.0. The van der Waals surface area contributed by atoms with E-state index in [0.29, 0.717) is 23.7 Å². The maximum Gasteiger partial charge on any atom is 0.256 e. The second kappa shape index (κ2) is 6.67. The summed E-state index contributed by atoms with van der Waals surface area (Å²) in [7, 11) is 0. The Labute approximate surface area is 147 Å². The molecule has 25 heavy (non-hydrogen) atoms. The highest BCUT2D eigenvalue weighted by Gasteiger charge is 2.21. The summed E-state index contributed by atoms with van der Waals surface area (Å²) in [5.41, 5.74) is 4.88. The van der Waals surface area contributed by atoms with Crippen LogP contribution in [0.2, 0.25) is 0 Å². The normalized spacial score (nSPS) is 16.6. The lowest BCUT2D eigenvalue weighted by Gasteiger charge is -2.21. The Bertz CT molecular complexity index is 901. The van der Waals surface area contributed by atoms with Crippen molar-refractivity contribution >= 4 is 11.6 Å². The van der Waals surface area contributed by atoms with Crippen molar-refractivity contribution in [3.63, 3.8) is 0 Å². The molecule has 1 aliphatic carbocycles. The van der Waals surface area contributed by atoms with E-state index >= 15 is 0 Å². The Balaban J connectivity index is 1.50. The molecule has 1 aliphatic rings. The number of hydrogen-bond donors (Lipinski definition) is 1. The number of nitrogens with zero attached hydrogens (tertiary/aromatic N) is 3. The van der Waals surface area contributed by atoms with Crippen LogP contribution in [0.4, 0.5) is 0 Å². The van der Waals surface area contributed by atoms with Gasteiger partial charge in [-0.05, 0) is 42.7 Å². The number of rotatable bonds is 4. The van der Waals surface area contributed by atoms with Crippen molar-refractivity contribution in [2.75, 3.05) is 6.54 Å². The van der Waals surface area contributed by atoms with E-state index in [9.17, 15) is 4.79 Å². The van der Waals surface area contributed by atoms with E-state index in [-0.39, 0.29) is 5.91 Å². The Kier molecular flexibility index (Phi) is 4.22. The van der Waals surface area contributed by atoms with Gasteiger partial charge < -0.3 is 5.32 Å². The number of carbonyl (C=O) groups excluding carboxylic acids is 1. The summed E-state index contributed by atoms with van der Waals surface area (Å²) >= 11 is 0. The number of fused-ring (bicyclic) bond motifs is 3. The standard InChI is InChI=1S/C20H22N4O/c1-14-7-8-18-16(11-14)12-22-19-17(13-23-24(18)19)20(25)21-10-9-15-5-3-2-4-6-15/h2-6,12-14H,7-11H2,1H3,(H,21,25). The average molecular weight is 334 g/mol. The number of amides is 1. The van der Waals surface area contributed by atoms with Crippen molar-refractivity contribution in [3.8, 4) is 0 Å². The molecule has 3 aromatic rings. The quantitative estimate of drug-likeness (QED) is 0.798. The summed E-state index contributed by atoms with van der Waals surface area (Å²) in [6.45, 7) is 2.87. The maximum absolute atomic E-state index is 12.5. The number of hydrogen-bond acceptors (Lipinski definition) is 3. The summed E-state index contributed by atoms with van der Waals surface area (Å²) in [5, 5.41) is 7.42. The lowest BCUT2D eigenvalue weighted by molar-refractivity contribution is 0.0955. The van der Waals surface area contributed by atoms with Gasteiger partial charge >= 0.3 is 0 Å². The van der Waals surface area contributed by atoms with E-state index in [1.165, 1.54) is 16.8 Å². The molecule has 1 unspecified atom stereocenters. The van der Waals surface area contributed by atoms with Gasteiger partial charge in [0.25, 0.3) is 5.91 Å². The predicted molar refractivity (Wildman–Crippen MR) is 96.7 cm³/mol. The van der Waals surface area contributed by atoms with Crippen LogP contribution in [0.15, 0.2) is 42.7 Å². The van der Waals surface area contributed by atoms with Gasteiger partial charge in [0.1, 0.15) is 5.56 Å². The highest BCUT2D eigenvalue weighted by Crippen LogP contribution is 2.25. The maximum atomic E-state index is 12.5. The molecule has 2 aromatic heterocycles. The largest absolute Gasteiger partial charge is 0.352 e. The Morgan fingerprint density at radius 3 is 2.96 bits per heavy atom. The second-order valence-electron chi connectivity index (χ2n) is 6.86. The molecule has 0 radical (unpaired) electrons. The van der Waals surface area contributed by atoms with Crippen molar-refractivity contribution in [1.82, 2.24) is 19.9 Å². The zero-order valence-electron chi connectivity index (χ0n) is 14.4. The van der Waals surface area contributed by atoms with Gasteiger partial charge in [0.15, 0.2) is 5.65 Å². The van der Waals surface area contributed by atoms with Crippen LogP contribution in [0.1, 0.15) is 40.5 Å². The topological polar surface area (TPSA) is 59.3 Å². The summed E-state index contributed by atoms with van der Waals surface area (Å²) in [5.74, 6) is 0.575. The lowest BCUT2D eigenvalue weighted by Crippen LogP contribution is -2.26. The zero-order chi connectivity index (χ0) is 17.2. The van der Waals surface area contributed by atoms with Crippen LogP contribution in [-0.4, -0.2) is 27.0 Å². The van der Waals surface area contributed by atoms with Crippen molar-refractivity contribution < 1.29 is 4.79 Å². The van der Waals surface area contributed by atoms with Crippen LogP contribution in [0.5, 0.6) is 0 Å². The minimum absolute atomic E-state index is 0.109. The first kappa shape index (κ1) is 15.8. The van der Waals surface area contributed by atoms with Crippen LogP contribution in [0.3, 0.4) is 0 Å². The Morgan fingerprint density at radius 1 is 1.28 bits per heavy atom. The van der Waals surface area contributed by atoms with Crippen molar-refractivity contribution in [2.24, 2.45) is 5.92 Å². The Hall–Kier alpha value is -2.69. The number of benzene rings is 1. The molecule has 5 heteroatoms. The highest BCUT2D eigenvalue weighted by molar-refractivity contribution is 5.99. The first-order valence-corrected chi connectivity index (χ1v) is 8.89. The fourth-order valence-electron chi connectivity index (χ4n) is 3.53. The molecule has 1 amide bonds. The fourth-order valence-corrected chi connectivity index (χ4v) is 3.53. The molecule has 0 saturated heterocycles. The third-order valence-corrected chi connectivity index (χ3v) is 4.94. The van der Waals surface area contributed by atoms with E-state index < -0.39 is 0 Å². The van der Waals surface area contributed by atoms with Gasteiger partial charge in [-0.1, -0.05) is 37.3 Å². The van der Waals surface area contributed by atoms with E-state index in [4.69, 9.17) is 0 Å². The fraction of sp³-hybridized carbons (Fsp3) is 0.350. The predicted octanol–water partition coefficient (Wildman–Crippen LogP) is 2.83. The van der Waals surface area contributed by atoms with E-state index in [2.05, 4.69) is 34.5 Å². The van der Waals surface area contributed by atoms with Crippen LogP contribution in [-0.2, 0) is 19.3 Å². The van der Waals surface area contributed by atoms with Gasteiger partial charge in [0, 0.05) is 18.4 Å². The van der Waals surface area contributed by atoms with E-state index in [1.54, 1.807) is 6.20 Å². The zero-order valence-corrected chi connectivity index (χ0v) is 14.4. The average Bonchev–Trinajstić information content (AvgIpc) is 3.06. The molecule has 4 rings (SSSR count). The summed E-state index contributed by atoms with van der Waals surface area (Å²) in [6, 6.07) is 10.1. The third kappa shape index (κ3) is 3.14. The molecule has 0 spiro atoms. The number of aromatic nitrogens is 3. The van der Waals surface area contributed by atoms with Gasteiger partial charge in [0.05, 0.1) is 6.20 Å². The third-order valence-electron chi connectivity index (χ3n) is 4.94. The molecule has 0 fully saturated rings. The molecule has 128 valence electrons. The van der Waals surface area contributed by atoms with E-state index in [0.717, 1.165) is 25.7 Å². The number of carbonyl (C=O) groups is 1. The highest BCUT2D eigenvalue weighted by atomic mass is 16.1. The molecule has 0 saturated carbocycles. The van der Waals surface area contributed by atoms with Crippen molar-refractivity contribution in [2.45, 2.75) is 32.6 Å². The minimum Gasteiger partial charge on any atom is -0.352 e. The SMILES string of the molecule is CC1CCc2c(cnc3c(C(=O)NCCc4ccccc4)cnn23)C1. The minimum atomic E-state index is -0.109. The van der Waals surface area contributed by atoms with Gasteiger partial charge in [-0.15, -0.1) is 0 Å². The molecule has 0 bridgehead atoms. The molecule has 1 atom stereocenters. The molecule has 5 nitrogen and oxygen atoms in total. The molecular weight excluding hydrogens is 312 g/mol. The lowest BCUT2D eigenvalue weighted by atomic mass is 9.89. The summed E-state index contributed by atoms with van der Waals surface area (Å²) in [6.07, 6.45) is 7.56. The first-order valence-electron chi connectivity index (χ1n) is 8.89. The molecule has 1 aromatic carbocycles. The van der Waals surface area contributed by atoms with Gasteiger partial charge in [0.2, 0.25) is 0 Å². The smallest absolute Gasteiger partial charge is 0.256 e. The number of nitrogens with one attached hydrogen (secondary N) is 1. The van der Waals surface area contributed by atoms with E-state index in [1.807, 2.05) is 28.9 Å². The van der Waals surface area contributed by atoms with Crippen molar-refractivity contribution in [3.05, 3.63) is 65.1 Å². The van der Waals surface area contributed by atoms with Crippen LogP contribution >= 0.6 is 0 Å². The van der Waals surface area contributed by atoms with Crippen molar-refractivity contribution in [1.29, 1.82) is 0 Å². The molecular formula is C20H22N4O. The van der Waals surface area contributed by atoms with Gasteiger partial charge in [-0.25, -0.2) is 9.50 Å². The van der Waals surface area contributed by atoms with Gasteiger partial charge in [-0.2, -0.15) is 5.10 Å². The number of aryl methyl sites for hydroxylation is 1. The molecule has 2 heterocycles.